The lowest BCUT2D eigenvalue weighted by Gasteiger charge is -2.25. The lowest BCUT2D eigenvalue weighted by atomic mass is 9.86. The molecule has 0 unspecified atom stereocenters. The number of aromatic nitrogens is 4. The fraction of sp³-hybridized carbons (Fsp3) is 0.119. The van der Waals surface area contributed by atoms with Crippen molar-refractivity contribution in [3.05, 3.63) is 199 Å². The molecule has 0 amide bonds. The minimum Gasteiger partial charge on any atom is -0.457 e. The van der Waals surface area contributed by atoms with Gasteiger partial charge in [0.25, 0.3) is 0 Å². The van der Waals surface area contributed by atoms with Crippen LogP contribution in [0, 0.1) is 6.92 Å². The van der Waals surface area contributed by atoms with Crippen LogP contribution >= 0.6 is 0 Å². The molecule has 0 aliphatic carbocycles. The lowest BCUT2D eigenvalue weighted by molar-refractivity contribution is 0.479. The molecule has 5 heterocycles. The van der Waals surface area contributed by atoms with Crippen molar-refractivity contribution in [2.24, 2.45) is 0 Å². The van der Waals surface area contributed by atoms with Gasteiger partial charge in [0.05, 0.1) is 40.1 Å². The average Bonchev–Trinajstić information content (AvgIpc) is 3.98. The molecule has 12 rings (SSSR count). The topological polar surface area (TPSA) is 51.4 Å². The number of fused-ring (bicyclic) bond motifs is 7. The Morgan fingerprint density at radius 1 is 0.530 bits per heavy atom. The fourth-order valence-corrected chi connectivity index (χ4v) is 9.96. The molecule has 11 aromatic rings. The maximum atomic E-state index is 6.94. The fourth-order valence-electron chi connectivity index (χ4n) is 9.96. The first-order valence-electron chi connectivity index (χ1n) is 22.6. The monoisotopic (exact) mass is 856 g/mol. The van der Waals surface area contributed by atoms with Crippen LogP contribution in [0.25, 0.3) is 77.4 Å². The first-order chi connectivity index (χ1) is 32.2. The molecule has 7 aromatic carbocycles. The molecule has 0 saturated heterocycles. The van der Waals surface area contributed by atoms with Gasteiger partial charge in [-0.05, 0) is 77.6 Å². The van der Waals surface area contributed by atoms with Gasteiger partial charge in [0, 0.05) is 75.5 Å². The number of ether oxygens (including phenoxy) is 1. The van der Waals surface area contributed by atoms with Crippen molar-refractivity contribution >= 4 is 60.8 Å². The third-order valence-electron chi connectivity index (χ3n) is 13.2. The van der Waals surface area contributed by atoms with Crippen LogP contribution in [-0.4, -0.2) is 32.8 Å². The Kier molecular flexibility index (Phi) is 9.11. The zero-order valence-corrected chi connectivity index (χ0v) is 37.7. The summed E-state index contributed by atoms with van der Waals surface area (Å²) in [6, 6.07) is 65.0. The molecule has 4 aromatic heterocycles. The molecule has 7 nitrogen and oxygen atoms in total. The van der Waals surface area contributed by atoms with Crippen molar-refractivity contribution in [1.29, 1.82) is 0 Å². The van der Waals surface area contributed by atoms with Gasteiger partial charge in [-0.2, -0.15) is 0 Å². The highest BCUT2D eigenvalue weighted by Crippen LogP contribution is 2.45. The zero-order valence-electron chi connectivity index (χ0n) is 37.7. The predicted octanol–water partition coefficient (Wildman–Crippen LogP) is 14.9. The highest BCUT2D eigenvalue weighted by Gasteiger charge is 2.28. The van der Waals surface area contributed by atoms with Crippen LogP contribution in [-0.2, 0) is 5.41 Å². The van der Waals surface area contributed by atoms with E-state index in [1.54, 1.807) is 0 Å². The minimum absolute atomic E-state index is 0.115. The van der Waals surface area contributed by atoms with E-state index in [1.807, 2.05) is 13.1 Å². The summed E-state index contributed by atoms with van der Waals surface area (Å²) < 4.78 is 11.7. The maximum Gasteiger partial charge on any atom is 0.158 e. The van der Waals surface area contributed by atoms with Crippen LogP contribution in [0.1, 0.15) is 32.0 Å². The van der Waals surface area contributed by atoms with Crippen molar-refractivity contribution in [2.45, 2.75) is 33.1 Å². The van der Waals surface area contributed by atoms with Gasteiger partial charge in [-0.15, -0.1) is 0 Å². The van der Waals surface area contributed by atoms with Crippen molar-refractivity contribution in [2.75, 3.05) is 23.5 Å². The van der Waals surface area contributed by atoms with Crippen molar-refractivity contribution in [1.82, 2.24) is 19.1 Å². The molecule has 1 aliphatic heterocycles. The van der Waals surface area contributed by atoms with Crippen LogP contribution in [0.2, 0.25) is 0 Å². The molecule has 320 valence electrons. The van der Waals surface area contributed by atoms with Gasteiger partial charge in [-0.3, -0.25) is 4.57 Å². The van der Waals surface area contributed by atoms with E-state index < -0.39 is 0 Å². The summed E-state index contributed by atoms with van der Waals surface area (Å²) in [6.45, 7) is 9.49. The number of hydrogen-bond donors (Lipinski definition) is 0. The van der Waals surface area contributed by atoms with Gasteiger partial charge in [0.15, 0.2) is 5.82 Å². The van der Waals surface area contributed by atoms with E-state index >= 15 is 0 Å². The van der Waals surface area contributed by atoms with Crippen LogP contribution < -0.4 is 14.5 Å². The summed E-state index contributed by atoms with van der Waals surface area (Å²) in [7, 11) is 2.12. The Morgan fingerprint density at radius 3 is 1.88 bits per heavy atom. The van der Waals surface area contributed by atoms with Crippen molar-refractivity contribution in [3.63, 3.8) is 0 Å². The quantitative estimate of drug-likeness (QED) is 0.160. The Balaban J connectivity index is 1.03. The third-order valence-corrected chi connectivity index (χ3v) is 13.2. The molecule has 0 fully saturated rings. The molecule has 7 heteroatoms. The zero-order chi connectivity index (χ0) is 44.7. The number of pyridine rings is 2. The lowest BCUT2D eigenvalue weighted by Crippen LogP contribution is -2.24. The maximum absolute atomic E-state index is 6.94. The largest absolute Gasteiger partial charge is 0.457 e. The Labute approximate surface area is 384 Å². The summed E-state index contributed by atoms with van der Waals surface area (Å²) in [5.74, 6) is 3.30. The van der Waals surface area contributed by atoms with E-state index in [0.29, 0.717) is 6.67 Å². The molecule has 0 N–H and O–H groups in total. The third kappa shape index (κ3) is 6.49. The van der Waals surface area contributed by atoms with E-state index in [0.717, 1.165) is 78.7 Å². The normalized spacial score (nSPS) is 12.8. The Morgan fingerprint density at radius 2 is 1.18 bits per heavy atom. The smallest absolute Gasteiger partial charge is 0.158 e. The first kappa shape index (κ1) is 39.4. The van der Waals surface area contributed by atoms with Crippen molar-refractivity contribution < 1.29 is 4.74 Å². The Hall–Kier alpha value is -8.16. The van der Waals surface area contributed by atoms with E-state index in [9.17, 15) is 0 Å². The molecular formula is C59H48N6O. The van der Waals surface area contributed by atoms with Gasteiger partial charge in [-0.25, -0.2) is 9.97 Å². The number of benzene rings is 7. The minimum atomic E-state index is -0.115. The summed E-state index contributed by atoms with van der Waals surface area (Å²) in [5.41, 5.74) is 14.3. The molecule has 0 saturated carbocycles. The first-order valence-corrected chi connectivity index (χ1v) is 22.6. The molecule has 1 aliphatic rings. The predicted molar refractivity (Wildman–Crippen MR) is 273 cm³/mol. The number of aryl methyl sites for hydroxylation is 1. The highest BCUT2D eigenvalue weighted by atomic mass is 16.5. The standard InChI is InChI=1S/C59H48N6O/c1-38-26-29-53-58(61-38)63(37-62(53)5)43-32-41(59(2,3)4)33-45(34-43)66-44-27-28-49-48-20-12-13-25-52(48)65(54(49)36-44)55-35-42(30-31-60-55)64-56-46(39-16-8-6-9-17-39)21-14-23-50(56)51-24-15-22-47(57(51)64)40-18-10-7-11-19-40/h6-36H,37H2,1-5H3. The second-order valence-corrected chi connectivity index (χ2v) is 18.5. The van der Waals surface area contributed by atoms with Gasteiger partial charge in [-0.1, -0.05) is 136 Å². The van der Waals surface area contributed by atoms with E-state index in [2.05, 4.69) is 229 Å². The van der Waals surface area contributed by atoms with Crippen LogP contribution in [0.4, 0.5) is 17.2 Å². The van der Waals surface area contributed by atoms with E-state index in [1.165, 1.54) is 38.6 Å². The van der Waals surface area contributed by atoms with Crippen LogP contribution in [0.15, 0.2) is 188 Å². The number of rotatable bonds is 7. The van der Waals surface area contributed by atoms with Gasteiger partial charge in [0.2, 0.25) is 0 Å². The van der Waals surface area contributed by atoms with E-state index in [4.69, 9.17) is 14.7 Å². The molecule has 66 heavy (non-hydrogen) atoms. The number of hydrogen-bond acceptors (Lipinski definition) is 5. The SMILES string of the molecule is Cc1ccc2c(n1)N(c1cc(Oc3ccc4c5ccccc5n(-c5cc(-n6c7c(-c8ccccc8)cccc7c7cccc(-c8ccccc8)c76)ccn5)c4c3)cc(C(C)(C)C)c1)CN2C. The summed E-state index contributed by atoms with van der Waals surface area (Å²) in [6.07, 6.45) is 1.95. The van der Waals surface area contributed by atoms with Crippen molar-refractivity contribution in [3.8, 4) is 45.3 Å². The Bertz CT molecular complexity index is 3580. The molecule has 0 bridgehead atoms. The average molecular weight is 857 g/mol. The highest BCUT2D eigenvalue weighted by molar-refractivity contribution is 6.17. The number of anilines is 3. The number of nitrogens with zero attached hydrogens (tertiary/aromatic N) is 6. The van der Waals surface area contributed by atoms with Gasteiger partial charge < -0.3 is 19.1 Å². The molecule has 0 radical (unpaired) electrons. The number of para-hydroxylation sites is 3. The van der Waals surface area contributed by atoms with Crippen LogP contribution in [0.5, 0.6) is 11.5 Å². The molecular weight excluding hydrogens is 809 g/mol. The molecule has 0 spiro atoms. The second-order valence-electron chi connectivity index (χ2n) is 18.5. The van der Waals surface area contributed by atoms with Crippen LogP contribution in [0.3, 0.4) is 0 Å². The summed E-state index contributed by atoms with van der Waals surface area (Å²) >= 11 is 0. The summed E-state index contributed by atoms with van der Waals surface area (Å²) in [5, 5.41) is 4.68. The second kappa shape index (κ2) is 15.2. The van der Waals surface area contributed by atoms with Gasteiger partial charge >= 0.3 is 0 Å². The van der Waals surface area contributed by atoms with E-state index in [-0.39, 0.29) is 5.41 Å². The summed E-state index contributed by atoms with van der Waals surface area (Å²) in [4.78, 5) is 14.7. The van der Waals surface area contributed by atoms with Gasteiger partial charge in [0.1, 0.15) is 17.3 Å². The molecule has 0 atom stereocenters.